The summed E-state index contributed by atoms with van der Waals surface area (Å²) in [5, 5.41) is 3.75. The average Bonchev–Trinajstić information content (AvgIpc) is 2.88. The maximum Gasteiger partial charge on any atom is 0.0247 e. The minimum atomic E-state index is 0.795. The molecular weight excluding hydrogens is 252 g/mol. The highest BCUT2D eigenvalue weighted by molar-refractivity contribution is 7.12. The fraction of sp³-hybridized carbons (Fsp3) is 0.750. The van der Waals surface area contributed by atoms with Crippen molar-refractivity contribution in [2.24, 2.45) is 0 Å². The SMILES string of the molecule is CCN(Cc1cc(C)sc1C)C1CC2CCC(C1)N2. The van der Waals surface area contributed by atoms with Crippen molar-refractivity contribution in [2.75, 3.05) is 6.54 Å². The van der Waals surface area contributed by atoms with E-state index in [4.69, 9.17) is 0 Å². The van der Waals surface area contributed by atoms with Gasteiger partial charge in [0, 0.05) is 34.4 Å². The first kappa shape index (κ1) is 13.6. The molecule has 0 radical (unpaired) electrons. The predicted molar refractivity (Wildman–Crippen MR) is 82.8 cm³/mol. The smallest absolute Gasteiger partial charge is 0.0247 e. The standard InChI is InChI=1S/C16H26N2S/c1-4-18(10-13-7-11(2)19-12(13)3)16-8-14-5-6-15(9-16)17-14/h7,14-17H,4-6,8-10H2,1-3H3. The molecule has 2 nitrogen and oxygen atoms in total. The first-order chi connectivity index (χ1) is 9.15. The quantitative estimate of drug-likeness (QED) is 0.907. The number of nitrogens with one attached hydrogen (secondary N) is 1. The van der Waals surface area contributed by atoms with Crippen LogP contribution in [0.4, 0.5) is 0 Å². The van der Waals surface area contributed by atoms with Crippen LogP contribution in [0, 0.1) is 13.8 Å². The summed E-state index contributed by atoms with van der Waals surface area (Å²) in [5.74, 6) is 0. The molecule has 1 aromatic heterocycles. The van der Waals surface area contributed by atoms with Gasteiger partial charge >= 0.3 is 0 Å². The van der Waals surface area contributed by atoms with E-state index in [0.29, 0.717) is 0 Å². The fourth-order valence-electron chi connectivity index (χ4n) is 3.88. The Morgan fingerprint density at radius 2 is 1.95 bits per heavy atom. The second kappa shape index (κ2) is 5.55. The summed E-state index contributed by atoms with van der Waals surface area (Å²) >= 11 is 1.94. The lowest BCUT2D eigenvalue weighted by Gasteiger charge is -2.37. The number of fused-ring (bicyclic) bond motifs is 2. The molecule has 2 unspecified atom stereocenters. The molecule has 2 aliphatic heterocycles. The number of rotatable bonds is 4. The molecule has 0 saturated carbocycles. The number of hydrogen-bond donors (Lipinski definition) is 1. The van der Waals surface area contributed by atoms with Crippen molar-refractivity contribution in [1.82, 2.24) is 10.2 Å². The minimum absolute atomic E-state index is 0.795. The van der Waals surface area contributed by atoms with Crippen molar-refractivity contribution >= 4 is 11.3 Å². The Morgan fingerprint density at radius 1 is 1.26 bits per heavy atom. The van der Waals surface area contributed by atoms with Crippen LogP contribution in [-0.4, -0.2) is 29.6 Å². The van der Waals surface area contributed by atoms with Crippen LogP contribution in [-0.2, 0) is 6.54 Å². The first-order valence-electron chi connectivity index (χ1n) is 7.71. The molecule has 0 amide bonds. The monoisotopic (exact) mass is 278 g/mol. The lowest BCUT2D eigenvalue weighted by atomic mass is 9.97. The summed E-state index contributed by atoms with van der Waals surface area (Å²) in [4.78, 5) is 5.67. The second-order valence-electron chi connectivity index (χ2n) is 6.26. The number of piperidine rings is 1. The summed E-state index contributed by atoms with van der Waals surface area (Å²) in [7, 11) is 0. The molecule has 2 saturated heterocycles. The Bertz CT molecular complexity index is 428. The average molecular weight is 278 g/mol. The summed E-state index contributed by atoms with van der Waals surface area (Å²) < 4.78 is 0. The third kappa shape index (κ3) is 2.88. The van der Waals surface area contributed by atoms with E-state index >= 15 is 0 Å². The van der Waals surface area contributed by atoms with Gasteiger partial charge in [-0.2, -0.15) is 0 Å². The van der Waals surface area contributed by atoms with Gasteiger partial charge in [-0.05, 0) is 57.7 Å². The lowest BCUT2D eigenvalue weighted by molar-refractivity contribution is 0.140. The van der Waals surface area contributed by atoms with Crippen LogP contribution in [0.5, 0.6) is 0 Å². The molecule has 106 valence electrons. The van der Waals surface area contributed by atoms with Crippen LogP contribution >= 0.6 is 11.3 Å². The normalized spacial score (nSPS) is 30.2. The molecule has 2 fully saturated rings. The van der Waals surface area contributed by atoms with E-state index < -0.39 is 0 Å². The third-order valence-corrected chi connectivity index (χ3v) is 5.90. The molecule has 2 aliphatic rings. The highest BCUT2D eigenvalue weighted by atomic mass is 32.1. The summed E-state index contributed by atoms with van der Waals surface area (Å²) in [6.07, 6.45) is 5.50. The molecule has 3 rings (SSSR count). The van der Waals surface area contributed by atoms with Crippen molar-refractivity contribution in [1.29, 1.82) is 0 Å². The third-order valence-electron chi connectivity index (χ3n) is 4.89. The molecule has 0 spiro atoms. The van der Waals surface area contributed by atoms with Gasteiger partial charge in [-0.1, -0.05) is 6.92 Å². The van der Waals surface area contributed by atoms with E-state index in [2.05, 4.69) is 37.1 Å². The molecule has 2 atom stereocenters. The van der Waals surface area contributed by atoms with Gasteiger partial charge in [0.15, 0.2) is 0 Å². The van der Waals surface area contributed by atoms with Crippen LogP contribution < -0.4 is 5.32 Å². The number of thiophene rings is 1. The fourth-order valence-corrected chi connectivity index (χ4v) is 4.82. The Morgan fingerprint density at radius 3 is 2.47 bits per heavy atom. The molecule has 0 aliphatic carbocycles. The Kier molecular flexibility index (Phi) is 3.97. The van der Waals surface area contributed by atoms with Gasteiger partial charge in [-0.3, -0.25) is 4.90 Å². The van der Waals surface area contributed by atoms with Gasteiger partial charge in [0.05, 0.1) is 0 Å². The number of aryl methyl sites for hydroxylation is 2. The van der Waals surface area contributed by atoms with Gasteiger partial charge < -0.3 is 5.32 Å². The van der Waals surface area contributed by atoms with E-state index in [1.165, 1.54) is 42.0 Å². The van der Waals surface area contributed by atoms with Crippen LogP contribution in [0.2, 0.25) is 0 Å². The van der Waals surface area contributed by atoms with Crippen molar-refractivity contribution in [3.05, 3.63) is 21.4 Å². The van der Waals surface area contributed by atoms with Gasteiger partial charge in [-0.25, -0.2) is 0 Å². The van der Waals surface area contributed by atoms with Crippen LogP contribution in [0.15, 0.2) is 6.07 Å². The zero-order chi connectivity index (χ0) is 13.4. The molecule has 3 heteroatoms. The molecule has 1 aromatic rings. The molecule has 2 bridgehead atoms. The van der Waals surface area contributed by atoms with Crippen LogP contribution in [0.25, 0.3) is 0 Å². The van der Waals surface area contributed by atoms with Crippen LogP contribution in [0.3, 0.4) is 0 Å². The zero-order valence-electron chi connectivity index (χ0n) is 12.4. The van der Waals surface area contributed by atoms with E-state index in [-0.39, 0.29) is 0 Å². The molecular formula is C16H26N2S. The van der Waals surface area contributed by atoms with E-state index in [0.717, 1.165) is 24.7 Å². The molecule has 19 heavy (non-hydrogen) atoms. The highest BCUT2D eigenvalue weighted by Gasteiger charge is 2.35. The summed E-state index contributed by atoms with van der Waals surface area (Å²) in [6, 6.07) is 4.77. The Labute approximate surface area is 121 Å². The highest BCUT2D eigenvalue weighted by Crippen LogP contribution is 2.31. The maximum atomic E-state index is 3.75. The van der Waals surface area contributed by atoms with Gasteiger partial charge in [0.1, 0.15) is 0 Å². The minimum Gasteiger partial charge on any atom is -0.311 e. The van der Waals surface area contributed by atoms with Crippen molar-refractivity contribution < 1.29 is 0 Å². The van der Waals surface area contributed by atoms with Gasteiger partial charge in [0.2, 0.25) is 0 Å². The molecule has 0 aromatic carbocycles. The number of nitrogens with zero attached hydrogens (tertiary/aromatic N) is 1. The van der Waals surface area contributed by atoms with E-state index in [1.54, 1.807) is 5.56 Å². The summed E-state index contributed by atoms with van der Waals surface area (Å²) in [6.45, 7) is 9.14. The first-order valence-corrected chi connectivity index (χ1v) is 8.53. The second-order valence-corrected chi connectivity index (χ2v) is 7.73. The predicted octanol–water partition coefficient (Wildman–Crippen LogP) is 3.47. The Balaban J connectivity index is 1.69. The number of hydrogen-bond acceptors (Lipinski definition) is 3. The Hall–Kier alpha value is -0.380. The maximum absolute atomic E-state index is 3.75. The largest absolute Gasteiger partial charge is 0.311 e. The summed E-state index contributed by atoms with van der Waals surface area (Å²) in [5.41, 5.74) is 1.55. The van der Waals surface area contributed by atoms with E-state index in [9.17, 15) is 0 Å². The topological polar surface area (TPSA) is 15.3 Å². The lowest BCUT2D eigenvalue weighted by Crippen LogP contribution is -2.47. The molecule has 1 N–H and O–H groups in total. The van der Waals surface area contributed by atoms with E-state index in [1.807, 2.05) is 11.3 Å². The van der Waals surface area contributed by atoms with Crippen molar-refractivity contribution in [3.8, 4) is 0 Å². The zero-order valence-corrected chi connectivity index (χ0v) is 13.2. The van der Waals surface area contributed by atoms with Gasteiger partial charge in [0.25, 0.3) is 0 Å². The van der Waals surface area contributed by atoms with Crippen molar-refractivity contribution in [3.63, 3.8) is 0 Å². The van der Waals surface area contributed by atoms with Gasteiger partial charge in [-0.15, -0.1) is 11.3 Å². The van der Waals surface area contributed by atoms with Crippen molar-refractivity contribution in [2.45, 2.75) is 71.1 Å². The van der Waals surface area contributed by atoms with Crippen LogP contribution in [0.1, 0.15) is 47.9 Å². The molecule has 3 heterocycles.